The molecule has 2 N–H and O–H groups in total. The molecule has 2 fully saturated rings. The van der Waals surface area contributed by atoms with E-state index in [1.807, 2.05) is 6.20 Å². The van der Waals surface area contributed by atoms with Crippen LogP contribution in [-0.4, -0.2) is 69.6 Å². The lowest BCUT2D eigenvalue weighted by Gasteiger charge is -2.46. The Bertz CT molecular complexity index is 1190. The van der Waals surface area contributed by atoms with Crippen molar-refractivity contribution in [2.75, 3.05) is 32.5 Å². The van der Waals surface area contributed by atoms with Crippen LogP contribution in [0.15, 0.2) is 42.6 Å². The summed E-state index contributed by atoms with van der Waals surface area (Å²) in [7, 11) is 6.59. The lowest BCUT2D eigenvalue weighted by molar-refractivity contribution is 0.0945. The first-order valence-corrected chi connectivity index (χ1v) is 14.6. The van der Waals surface area contributed by atoms with Crippen LogP contribution < -0.4 is 10.6 Å². The number of rotatable bonds is 8. The van der Waals surface area contributed by atoms with Crippen molar-refractivity contribution in [3.05, 3.63) is 54.0 Å². The van der Waals surface area contributed by atoms with Crippen molar-refractivity contribution in [2.45, 2.75) is 89.0 Å². The molecule has 2 aliphatic rings. The van der Waals surface area contributed by atoms with Crippen LogP contribution in [0.4, 0.5) is 5.69 Å². The standard InChI is InChI=1S/C31H47N7/c1-7-11-28(38-20-22(2)33-23(3)21-38)30-35-27-18-26(19-32-29(27)37(30)6)34-25-14-16-31(17-15-25,36(4)5)24-12-9-8-10-13-24/h8-10,12-13,18-19,22-23,25,28,33-34H,7,11,14-17,20-21H2,1-6H3/t22-,23+,25-,28-,31+/m1/s1. The van der Waals surface area contributed by atoms with Gasteiger partial charge >= 0.3 is 0 Å². The SMILES string of the molecule is CCC[C@H](c1nc2cc(N[C@H]3CC[C@@](c4ccccc4)(N(C)C)CC3)cnc2n1C)N1C[C@@H](C)N[C@@H](C)C1. The molecule has 1 aliphatic carbocycles. The van der Waals surface area contributed by atoms with Crippen LogP contribution in [0.1, 0.15) is 76.7 Å². The molecule has 3 heterocycles. The van der Waals surface area contributed by atoms with Crippen molar-refractivity contribution in [1.82, 2.24) is 29.7 Å². The number of aryl methyl sites for hydroxylation is 1. The molecule has 2 aromatic heterocycles. The normalized spacial score (nSPS) is 27.6. The fourth-order valence-corrected chi connectivity index (χ4v) is 7.06. The van der Waals surface area contributed by atoms with Crippen LogP contribution in [-0.2, 0) is 12.6 Å². The number of piperazine rings is 1. The highest BCUT2D eigenvalue weighted by molar-refractivity contribution is 5.75. The highest BCUT2D eigenvalue weighted by Gasteiger charge is 2.38. The molecule has 3 aromatic rings. The first-order valence-electron chi connectivity index (χ1n) is 14.6. The summed E-state index contributed by atoms with van der Waals surface area (Å²) in [6, 6.07) is 15.0. The maximum atomic E-state index is 5.19. The van der Waals surface area contributed by atoms with Gasteiger partial charge in [0.05, 0.1) is 17.9 Å². The Morgan fingerprint density at radius 3 is 2.42 bits per heavy atom. The first-order chi connectivity index (χ1) is 18.3. The van der Waals surface area contributed by atoms with E-state index in [-0.39, 0.29) is 5.54 Å². The fraction of sp³-hybridized carbons (Fsp3) is 0.613. The Hall–Kier alpha value is -2.48. The fourth-order valence-electron chi connectivity index (χ4n) is 7.06. The molecule has 1 saturated heterocycles. The lowest BCUT2D eigenvalue weighted by Crippen LogP contribution is -2.55. The minimum Gasteiger partial charge on any atom is -0.381 e. The highest BCUT2D eigenvalue weighted by Crippen LogP contribution is 2.41. The topological polar surface area (TPSA) is 61.3 Å². The predicted octanol–water partition coefficient (Wildman–Crippen LogP) is 5.30. The molecule has 1 aromatic carbocycles. The third-order valence-corrected chi connectivity index (χ3v) is 8.98. The molecule has 0 spiro atoms. The van der Waals surface area contributed by atoms with Gasteiger partial charge in [-0.3, -0.25) is 9.80 Å². The summed E-state index contributed by atoms with van der Waals surface area (Å²) in [4.78, 5) is 15.1. The van der Waals surface area contributed by atoms with Crippen LogP contribution in [0.2, 0.25) is 0 Å². The van der Waals surface area contributed by atoms with Crippen LogP contribution in [0.5, 0.6) is 0 Å². The van der Waals surface area contributed by atoms with Crippen molar-refractivity contribution in [3.8, 4) is 0 Å². The molecule has 1 aliphatic heterocycles. The summed E-state index contributed by atoms with van der Waals surface area (Å²) < 4.78 is 2.22. The molecule has 7 heteroatoms. The van der Waals surface area contributed by atoms with Crippen molar-refractivity contribution in [1.29, 1.82) is 0 Å². The molecule has 5 rings (SSSR count). The minimum atomic E-state index is 0.116. The Balaban J connectivity index is 1.32. The van der Waals surface area contributed by atoms with Gasteiger partial charge in [-0.1, -0.05) is 43.7 Å². The number of pyridine rings is 1. The second-order valence-corrected chi connectivity index (χ2v) is 12.0. The summed E-state index contributed by atoms with van der Waals surface area (Å²) >= 11 is 0. The molecule has 0 amide bonds. The van der Waals surface area contributed by atoms with E-state index in [1.54, 1.807) is 0 Å². The van der Waals surface area contributed by atoms with E-state index in [4.69, 9.17) is 9.97 Å². The summed E-state index contributed by atoms with van der Waals surface area (Å²) in [5, 5.41) is 7.48. The molecule has 38 heavy (non-hydrogen) atoms. The van der Waals surface area contributed by atoms with E-state index < -0.39 is 0 Å². The second kappa shape index (κ2) is 11.3. The van der Waals surface area contributed by atoms with Gasteiger partial charge in [0.25, 0.3) is 0 Å². The van der Waals surface area contributed by atoms with Crippen LogP contribution in [0.25, 0.3) is 11.2 Å². The highest BCUT2D eigenvalue weighted by atomic mass is 15.3. The minimum absolute atomic E-state index is 0.116. The number of benzene rings is 1. The molecule has 0 bridgehead atoms. The largest absolute Gasteiger partial charge is 0.381 e. The van der Waals surface area contributed by atoms with E-state index in [1.165, 1.54) is 5.56 Å². The molecular weight excluding hydrogens is 470 g/mol. The summed E-state index contributed by atoms with van der Waals surface area (Å²) in [6.07, 6.45) is 8.81. The zero-order chi connectivity index (χ0) is 26.9. The monoisotopic (exact) mass is 517 g/mol. The molecule has 1 saturated carbocycles. The van der Waals surface area contributed by atoms with Gasteiger partial charge < -0.3 is 15.2 Å². The zero-order valence-electron chi connectivity index (χ0n) is 24.2. The predicted molar refractivity (Wildman–Crippen MR) is 157 cm³/mol. The van der Waals surface area contributed by atoms with E-state index >= 15 is 0 Å². The van der Waals surface area contributed by atoms with E-state index in [9.17, 15) is 0 Å². The van der Waals surface area contributed by atoms with Gasteiger partial charge in [-0.2, -0.15) is 0 Å². The van der Waals surface area contributed by atoms with Crippen molar-refractivity contribution in [2.24, 2.45) is 7.05 Å². The number of hydrogen-bond acceptors (Lipinski definition) is 6. The third kappa shape index (κ3) is 5.33. The molecule has 7 nitrogen and oxygen atoms in total. The second-order valence-electron chi connectivity index (χ2n) is 12.0. The van der Waals surface area contributed by atoms with Gasteiger partial charge in [0.1, 0.15) is 11.3 Å². The zero-order valence-corrected chi connectivity index (χ0v) is 24.2. The summed E-state index contributed by atoms with van der Waals surface area (Å²) in [5.41, 5.74) is 4.60. The number of hydrogen-bond donors (Lipinski definition) is 2. The summed E-state index contributed by atoms with van der Waals surface area (Å²) in [5.74, 6) is 1.14. The average molecular weight is 518 g/mol. The Labute approximate surface area is 229 Å². The van der Waals surface area contributed by atoms with Gasteiger partial charge in [-0.05, 0) is 71.7 Å². The van der Waals surface area contributed by atoms with E-state index in [0.717, 1.165) is 74.3 Å². The average Bonchev–Trinajstić information content (AvgIpc) is 3.22. The maximum Gasteiger partial charge on any atom is 0.159 e. The smallest absolute Gasteiger partial charge is 0.159 e. The summed E-state index contributed by atoms with van der Waals surface area (Å²) in [6.45, 7) is 8.95. The van der Waals surface area contributed by atoms with Crippen molar-refractivity contribution in [3.63, 3.8) is 0 Å². The van der Waals surface area contributed by atoms with Gasteiger partial charge in [0.15, 0.2) is 5.65 Å². The van der Waals surface area contributed by atoms with Gasteiger partial charge in [-0.15, -0.1) is 0 Å². The number of imidazole rings is 1. The van der Waals surface area contributed by atoms with Crippen LogP contribution >= 0.6 is 0 Å². The van der Waals surface area contributed by atoms with E-state index in [0.29, 0.717) is 24.2 Å². The van der Waals surface area contributed by atoms with E-state index in [2.05, 4.69) is 103 Å². The lowest BCUT2D eigenvalue weighted by atomic mass is 9.74. The molecule has 206 valence electrons. The van der Waals surface area contributed by atoms with Gasteiger partial charge in [0.2, 0.25) is 0 Å². The Kier molecular flexibility index (Phi) is 8.08. The number of fused-ring (bicyclic) bond motifs is 1. The number of aromatic nitrogens is 3. The van der Waals surface area contributed by atoms with Crippen LogP contribution in [0, 0.1) is 0 Å². The Morgan fingerprint density at radius 2 is 1.79 bits per heavy atom. The number of nitrogens with one attached hydrogen (secondary N) is 2. The first kappa shape index (κ1) is 27.1. The number of anilines is 1. The van der Waals surface area contributed by atoms with Crippen LogP contribution in [0.3, 0.4) is 0 Å². The Morgan fingerprint density at radius 1 is 1.11 bits per heavy atom. The molecule has 0 unspecified atom stereocenters. The third-order valence-electron chi connectivity index (χ3n) is 8.98. The van der Waals surface area contributed by atoms with Crippen molar-refractivity contribution >= 4 is 16.9 Å². The van der Waals surface area contributed by atoms with Gasteiger partial charge in [-0.25, -0.2) is 9.97 Å². The van der Waals surface area contributed by atoms with Gasteiger partial charge in [0, 0.05) is 43.8 Å². The molecule has 3 atom stereocenters. The number of nitrogens with zero attached hydrogens (tertiary/aromatic N) is 5. The molecule has 0 radical (unpaired) electrons. The maximum absolute atomic E-state index is 5.19. The van der Waals surface area contributed by atoms with Crippen molar-refractivity contribution < 1.29 is 0 Å². The molecular formula is C31H47N7. The quantitative estimate of drug-likeness (QED) is 0.423.